The number of piperidine rings is 1. The summed E-state index contributed by atoms with van der Waals surface area (Å²) in [6.45, 7) is 9.20. The molecular formula is C18H31ClN4. The lowest BCUT2D eigenvalue weighted by atomic mass is 9.94. The van der Waals surface area contributed by atoms with Gasteiger partial charge < -0.3 is 10.2 Å². The van der Waals surface area contributed by atoms with Crippen LogP contribution in [0, 0.1) is 5.92 Å². The first-order valence-corrected chi connectivity index (χ1v) is 8.75. The molecule has 23 heavy (non-hydrogen) atoms. The third-order valence-electron chi connectivity index (χ3n) is 5.18. The summed E-state index contributed by atoms with van der Waals surface area (Å²) in [6, 6.07) is 12.6. The number of nitrogens with one attached hydrogen (secondary N) is 3. The van der Waals surface area contributed by atoms with Crippen molar-refractivity contribution in [2.45, 2.75) is 44.8 Å². The Hall–Kier alpha value is -0.650. The molecule has 2 heterocycles. The van der Waals surface area contributed by atoms with E-state index in [1.54, 1.807) is 0 Å². The normalized spacial score (nSPS) is 26.4. The number of benzene rings is 1. The van der Waals surface area contributed by atoms with E-state index in [2.05, 4.69) is 65.2 Å². The van der Waals surface area contributed by atoms with Gasteiger partial charge in [0.25, 0.3) is 0 Å². The van der Waals surface area contributed by atoms with Crippen LogP contribution in [0.15, 0.2) is 30.3 Å². The van der Waals surface area contributed by atoms with Crippen molar-refractivity contribution in [2.24, 2.45) is 5.92 Å². The molecule has 1 aromatic carbocycles. The fourth-order valence-corrected chi connectivity index (χ4v) is 3.68. The van der Waals surface area contributed by atoms with E-state index in [1.807, 2.05) is 0 Å². The summed E-state index contributed by atoms with van der Waals surface area (Å²) in [5.41, 5.74) is 8.15. The predicted octanol–water partition coefficient (Wildman–Crippen LogP) is 2.34. The Morgan fingerprint density at radius 1 is 1.17 bits per heavy atom. The van der Waals surface area contributed by atoms with Crippen molar-refractivity contribution in [1.82, 2.24) is 21.1 Å². The number of likely N-dealkylation sites (tertiary alicyclic amines) is 1. The minimum absolute atomic E-state index is 0. The monoisotopic (exact) mass is 338 g/mol. The maximum atomic E-state index is 3.82. The topological polar surface area (TPSA) is 39.3 Å². The van der Waals surface area contributed by atoms with Gasteiger partial charge in [0.05, 0.1) is 6.04 Å². The molecular weight excluding hydrogens is 308 g/mol. The van der Waals surface area contributed by atoms with Gasteiger partial charge in [0, 0.05) is 31.1 Å². The van der Waals surface area contributed by atoms with E-state index < -0.39 is 0 Å². The molecule has 3 N–H and O–H groups in total. The van der Waals surface area contributed by atoms with E-state index in [-0.39, 0.29) is 12.4 Å². The van der Waals surface area contributed by atoms with E-state index in [1.165, 1.54) is 31.5 Å². The molecule has 0 radical (unpaired) electrons. The maximum absolute atomic E-state index is 3.82. The lowest BCUT2D eigenvalue weighted by molar-refractivity contribution is 0.159. The van der Waals surface area contributed by atoms with Gasteiger partial charge in [-0.2, -0.15) is 0 Å². The van der Waals surface area contributed by atoms with Gasteiger partial charge in [-0.3, -0.25) is 5.43 Å². The van der Waals surface area contributed by atoms with Gasteiger partial charge in [-0.1, -0.05) is 30.3 Å². The molecule has 2 aliphatic rings. The highest BCUT2D eigenvalue weighted by atomic mass is 35.5. The Bertz CT molecular complexity index is 446. The van der Waals surface area contributed by atoms with Gasteiger partial charge in [0.15, 0.2) is 0 Å². The summed E-state index contributed by atoms with van der Waals surface area (Å²) < 4.78 is 0. The van der Waals surface area contributed by atoms with Crippen molar-refractivity contribution in [1.29, 1.82) is 0 Å². The SMILES string of the molecule is CC(C)N1CCC(NCC2CNNC2c2ccccc2)CC1.Cl. The van der Waals surface area contributed by atoms with Gasteiger partial charge >= 0.3 is 0 Å². The second-order valence-electron chi connectivity index (χ2n) is 6.99. The molecule has 0 bridgehead atoms. The van der Waals surface area contributed by atoms with Gasteiger partial charge in [-0.05, 0) is 45.3 Å². The number of hydrogen-bond donors (Lipinski definition) is 3. The number of rotatable bonds is 5. The molecule has 0 aliphatic carbocycles. The van der Waals surface area contributed by atoms with E-state index in [9.17, 15) is 0 Å². The van der Waals surface area contributed by atoms with Crippen LogP contribution < -0.4 is 16.2 Å². The second kappa shape index (κ2) is 9.00. The summed E-state index contributed by atoms with van der Waals surface area (Å²) in [7, 11) is 0. The van der Waals surface area contributed by atoms with E-state index >= 15 is 0 Å². The minimum Gasteiger partial charge on any atom is -0.313 e. The molecule has 4 nitrogen and oxygen atoms in total. The lowest BCUT2D eigenvalue weighted by Gasteiger charge is -2.35. The van der Waals surface area contributed by atoms with Crippen LogP contribution in [-0.2, 0) is 0 Å². The first kappa shape index (κ1) is 18.7. The molecule has 2 fully saturated rings. The predicted molar refractivity (Wildman–Crippen MR) is 98.8 cm³/mol. The van der Waals surface area contributed by atoms with Gasteiger partial charge in [0.1, 0.15) is 0 Å². The minimum atomic E-state index is 0. The molecule has 0 spiro atoms. The van der Waals surface area contributed by atoms with Gasteiger partial charge in [0.2, 0.25) is 0 Å². The largest absolute Gasteiger partial charge is 0.313 e. The van der Waals surface area contributed by atoms with Crippen molar-refractivity contribution in [2.75, 3.05) is 26.2 Å². The van der Waals surface area contributed by atoms with Crippen molar-refractivity contribution in [3.63, 3.8) is 0 Å². The highest BCUT2D eigenvalue weighted by Gasteiger charge is 2.29. The number of halogens is 1. The van der Waals surface area contributed by atoms with E-state index in [0.29, 0.717) is 24.0 Å². The van der Waals surface area contributed by atoms with Gasteiger partial charge in [-0.15, -0.1) is 12.4 Å². The van der Waals surface area contributed by atoms with Crippen molar-refractivity contribution in [3.05, 3.63) is 35.9 Å². The molecule has 2 atom stereocenters. The van der Waals surface area contributed by atoms with Crippen LogP contribution in [0.2, 0.25) is 0 Å². The zero-order valence-corrected chi connectivity index (χ0v) is 15.1. The molecule has 0 aromatic heterocycles. The van der Waals surface area contributed by atoms with Crippen LogP contribution >= 0.6 is 12.4 Å². The van der Waals surface area contributed by atoms with Crippen LogP contribution in [-0.4, -0.2) is 43.2 Å². The molecule has 5 heteroatoms. The average molecular weight is 339 g/mol. The first-order chi connectivity index (χ1) is 10.7. The number of hydrazine groups is 1. The maximum Gasteiger partial charge on any atom is 0.0515 e. The van der Waals surface area contributed by atoms with Crippen LogP contribution in [0.25, 0.3) is 0 Å². The van der Waals surface area contributed by atoms with E-state index in [4.69, 9.17) is 0 Å². The summed E-state index contributed by atoms with van der Waals surface area (Å²) in [5.74, 6) is 0.616. The Labute approximate surface area is 146 Å². The molecule has 2 unspecified atom stereocenters. The highest BCUT2D eigenvalue weighted by molar-refractivity contribution is 5.85. The summed E-state index contributed by atoms with van der Waals surface area (Å²) in [4.78, 5) is 2.59. The Balaban J connectivity index is 0.00000192. The molecule has 2 saturated heterocycles. The molecule has 3 rings (SSSR count). The standard InChI is InChI=1S/C18H30N4.ClH/c1-14(2)22-10-8-17(9-11-22)19-12-16-13-20-21-18(16)15-6-4-3-5-7-15;/h3-7,14,16-21H,8-13H2,1-2H3;1H. The number of hydrogen-bond acceptors (Lipinski definition) is 4. The average Bonchev–Trinajstić information content (AvgIpc) is 3.02. The molecule has 130 valence electrons. The van der Waals surface area contributed by atoms with Crippen LogP contribution in [0.3, 0.4) is 0 Å². The van der Waals surface area contributed by atoms with Crippen molar-refractivity contribution < 1.29 is 0 Å². The van der Waals surface area contributed by atoms with Crippen LogP contribution in [0.1, 0.15) is 38.3 Å². The summed E-state index contributed by atoms with van der Waals surface area (Å²) in [6.07, 6.45) is 2.56. The smallest absolute Gasteiger partial charge is 0.0515 e. The van der Waals surface area contributed by atoms with Gasteiger partial charge in [-0.25, -0.2) is 5.43 Å². The summed E-state index contributed by atoms with van der Waals surface area (Å²) in [5, 5.41) is 3.82. The lowest BCUT2D eigenvalue weighted by Crippen LogP contribution is -2.46. The summed E-state index contributed by atoms with van der Waals surface area (Å²) >= 11 is 0. The Morgan fingerprint density at radius 2 is 1.87 bits per heavy atom. The first-order valence-electron chi connectivity index (χ1n) is 8.75. The van der Waals surface area contributed by atoms with Crippen LogP contribution in [0.5, 0.6) is 0 Å². The Kier molecular flexibility index (Phi) is 7.31. The Morgan fingerprint density at radius 3 is 2.52 bits per heavy atom. The fourth-order valence-electron chi connectivity index (χ4n) is 3.68. The molecule has 2 aliphatic heterocycles. The highest BCUT2D eigenvalue weighted by Crippen LogP contribution is 2.24. The molecule has 1 aromatic rings. The quantitative estimate of drug-likeness (QED) is 0.770. The van der Waals surface area contributed by atoms with Crippen LogP contribution in [0.4, 0.5) is 0 Å². The third kappa shape index (κ3) is 4.91. The zero-order chi connectivity index (χ0) is 15.4. The molecule has 0 saturated carbocycles. The molecule has 0 amide bonds. The third-order valence-corrected chi connectivity index (χ3v) is 5.18. The fraction of sp³-hybridized carbons (Fsp3) is 0.667. The number of nitrogens with zero attached hydrogens (tertiary/aromatic N) is 1. The second-order valence-corrected chi connectivity index (χ2v) is 6.99. The van der Waals surface area contributed by atoms with Crippen molar-refractivity contribution >= 4 is 12.4 Å². The van der Waals surface area contributed by atoms with E-state index in [0.717, 1.165) is 13.1 Å². The zero-order valence-electron chi connectivity index (χ0n) is 14.3. The van der Waals surface area contributed by atoms with Crippen molar-refractivity contribution in [3.8, 4) is 0 Å².